The average Bonchev–Trinajstić information content (AvgIpc) is 3.20. The van der Waals surface area contributed by atoms with Gasteiger partial charge in [-0.2, -0.15) is 5.26 Å². The monoisotopic (exact) mass is 369 g/mol. The summed E-state index contributed by atoms with van der Waals surface area (Å²) >= 11 is 0. The zero-order chi connectivity index (χ0) is 18.9. The summed E-state index contributed by atoms with van der Waals surface area (Å²) in [5.74, 6) is 0.0393. The fourth-order valence-electron chi connectivity index (χ4n) is 3.70. The Balaban J connectivity index is 1.31. The molecule has 0 aromatic carbocycles. The Morgan fingerprint density at radius 3 is 3.00 bits per heavy atom. The van der Waals surface area contributed by atoms with Crippen LogP contribution < -0.4 is 5.32 Å². The van der Waals surface area contributed by atoms with Crippen molar-refractivity contribution in [3.05, 3.63) is 30.1 Å². The van der Waals surface area contributed by atoms with Gasteiger partial charge in [0.1, 0.15) is 12.1 Å². The molecule has 0 radical (unpaired) electrons. The molecule has 144 valence electrons. The molecule has 1 atom stereocenters. The van der Waals surface area contributed by atoms with Crippen LogP contribution in [0.1, 0.15) is 44.1 Å². The molecule has 2 heterocycles. The third kappa shape index (κ3) is 5.76. The minimum atomic E-state index is -0.243. The molecule has 1 N–H and O–H groups in total. The molecule has 1 saturated heterocycles. The topological polar surface area (TPSA) is 90.6 Å². The number of pyridine rings is 1. The molecule has 2 fully saturated rings. The molecule has 1 aliphatic carbocycles. The van der Waals surface area contributed by atoms with E-state index in [0.717, 1.165) is 44.1 Å². The highest BCUT2D eigenvalue weighted by molar-refractivity contribution is 5.79. The number of rotatable bonds is 7. The van der Waals surface area contributed by atoms with Crippen LogP contribution in [-0.4, -0.2) is 53.3 Å². The third-order valence-electron chi connectivity index (χ3n) is 5.27. The maximum Gasteiger partial charge on any atom is 0.237 e. The number of nitrogens with one attached hydrogen (secondary N) is 1. The fraction of sp³-hybridized carbons (Fsp3) is 0.600. The smallest absolute Gasteiger partial charge is 0.237 e. The Morgan fingerprint density at radius 2 is 2.26 bits per heavy atom. The van der Waals surface area contributed by atoms with E-state index in [1.807, 2.05) is 18.3 Å². The number of carbonyl (C=O) groups excluding carboxylic acids is 1. The van der Waals surface area contributed by atoms with Crippen molar-refractivity contribution in [1.82, 2.24) is 15.2 Å². The molecule has 2 aliphatic rings. The summed E-state index contributed by atoms with van der Waals surface area (Å²) in [5, 5.41) is 16.5. The summed E-state index contributed by atoms with van der Waals surface area (Å²) in [7, 11) is 0. The van der Waals surface area contributed by atoms with Gasteiger partial charge in [-0.3, -0.25) is 9.78 Å². The van der Waals surface area contributed by atoms with Gasteiger partial charge in [-0.05, 0) is 50.2 Å². The van der Waals surface area contributed by atoms with E-state index in [1.165, 1.54) is 0 Å². The van der Waals surface area contributed by atoms with Gasteiger partial charge in [-0.1, -0.05) is 11.2 Å². The Labute approximate surface area is 160 Å². The molecule has 1 saturated carbocycles. The summed E-state index contributed by atoms with van der Waals surface area (Å²) in [5.41, 5.74) is 1.11. The van der Waals surface area contributed by atoms with Crippen molar-refractivity contribution in [2.75, 3.05) is 13.1 Å². The van der Waals surface area contributed by atoms with E-state index in [2.05, 4.69) is 21.5 Å². The molecule has 1 aromatic rings. The number of oxime groups is 1. The molecule has 1 aliphatic heterocycles. The van der Waals surface area contributed by atoms with Crippen LogP contribution in [0.2, 0.25) is 0 Å². The number of aromatic nitrogens is 1. The maximum atomic E-state index is 12.3. The van der Waals surface area contributed by atoms with E-state index in [4.69, 9.17) is 10.1 Å². The molecule has 7 heteroatoms. The molecule has 1 aromatic heterocycles. The Kier molecular flexibility index (Phi) is 7.17. The number of hydrogen-bond donors (Lipinski definition) is 1. The van der Waals surface area contributed by atoms with Crippen molar-refractivity contribution >= 4 is 12.1 Å². The molecular weight excluding hydrogens is 342 g/mol. The lowest BCUT2D eigenvalue weighted by molar-refractivity contribution is -0.130. The second-order valence-corrected chi connectivity index (χ2v) is 7.19. The Morgan fingerprint density at radius 1 is 1.41 bits per heavy atom. The maximum absolute atomic E-state index is 12.3. The molecule has 0 spiro atoms. The second-order valence-electron chi connectivity index (χ2n) is 7.19. The van der Waals surface area contributed by atoms with E-state index in [0.29, 0.717) is 25.6 Å². The number of nitriles is 1. The zero-order valence-electron chi connectivity index (χ0n) is 15.6. The van der Waals surface area contributed by atoms with Gasteiger partial charge in [-0.25, -0.2) is 0 Å². The highest BCUT2D eigenvalue weighted by Gasteiger charge is 2.29. The van der Waals surface area contributed by atoms with E-state index in [-0.39, 0.29) is 18.1 Å². The summed E-state index contributed by atoms with van der Waals surface area (Å²) in [6.45, 7) is 1.02. The average molecular weight is 369 g/mol. The number of carbonyl (C=O) groups is 1. The molecule has 0 unspecified atom stereocenters. The molecule has 3 rings (SSSR count). The van der Waals surface area contributed by atoms with E-state index < -0.39 is 0 Å². The van der Waals surface area contributed by atoms with Gasteiger partial charge in [0.25, 0.3) is 0 Å². The fourth-order valence-corrected chi connectivity index (χ4v) is 3.70. The van der Waals surface area contributed by atoms with Crippen molar-refractivity contribution in [2.45, 2.75) is 63.1 Å². The summed E-state index contributed by atoms with van der Waals surface area (Å²) in [6, 6.07) is 6.23. The first-order valence-corrected chi connectivity index (χ1v) is 9.75. The van der Waals surface area contributed by atoms with Gasteiger partial charge < -0.3 is 15.1 Å². The van der Waals surface area contributed by atoms with Gasteiger partial charge >= 0.3 is 0 Å². The van der Waals surface area contributed by atoms with Gasteiger partial charge in [0.05, 0.1) is 12.6 Å². The number of nitrogens with zero attached hydrogens (tertiary/aromatic N) is 4. The van der Waals surface area contributed by atoms with Crippen LogP contribution in [0.5, 0.6) is 0 Å². The van der Waals surface area contributed by atoms with Crippen LogP contribution >= 0.6 is 0 Å². The quantitative estimate of drug-likeness (QED) is 0.587. The zero-order valence-corrected chi connectivity index (χ0v) is 15.6. The van der Waals surface area contributed by atoms with Gasteiger partial charge in [0.15, 0.2) is 0 Å². The van der Waals surface area contributed by atoms with E-state index in [1.54, 1.807) is 17.3 Å². The van der Waals surface area contributed by atoms with Crippen LogP contribution in [0.15, 0.2) is 29.7 Å². The van der Waals surface area contributed by atoms with E-state index >= 15 is 0 Å². The van der Waals surface area contributed by atoms with Crippen LogP contribution in [0.25, 0.3) is 0 Å². The van der Waals surface area contributed by atoms with Gasteiger partial charge in [-0.15, -0.1) is 0 Å². The van der Waals surface area contributed by atoms with Crippen molar-refractivity contribution in [1.29, 1.82) is 5.26 Å². The summed E-state index contributed by atoms with van der Waals surface area (Å²) in [4.78, 5) is 23.7. The lowest BCUT2D eigenvalue weighted by Crippen LogP contribution is -2.44. The molecule has 1 amide bonds. The number of amides is 1. The lowest BCUT2D eigenvalue weighted by Gasteiger charge is -2.28. The summed E-state index contributed by atoms with van der Waals surface area (Å²) in [6.07, 6.45) is 11.7. The first-order valence-electron chi connectivity index (χ1n) is 9.75. The Hall–Kier alpha value is -2.46. The molecular formula is C20H27N5O2. The van der Waals surface area contributed by atoms with Crippen molar-refractivity contribution in [2.24, 2.45) is 5.16 Å². The highest BCUT2D eigenvalue weighted by atomic mass is 16.6. The minimum Gasteiger partial charge on any atom is -0.393 e. The predicted octanol–water partition coefficient (Wildman–Crippen LogP) is 2.04. The molecule has 7 nitrogen and oxygen atoms in total. The lowest BCUT2D eigenvalue weighted by atomic mass is 9.93. The predicted molar refractivity (Wildman–Crippen MR) is 102 cm³/mol. The van der Waals surface area contributed by atoms with Crippen molar-refractivity contribution in [3.63, 3.8) is 0 Å². The normalized spacial score (nSPS) is 25.4. The summed E-state index contributed by atoms with van der Waals surface area (Å²) < 4.78 is 0. The van der Waals surface area contributed by atoms with Crippen LogP contribution in [0.4, 0.5) is 0 Å². The van der Waals surface area contributed by atoms with Gasteiger partial charge in [0.2, 0.25) is 5.91 Å². The van der Waals surface area contributed by atoms with Crippen molar-refractivity contribution < 1.29 is 9.63 Å². The van der Waals surface area contributed by atoms with Crippen LogP contribution in [0, 0.1) is 11.3 Å². The SMILES string of the molecule is N#C[C@@H]1CCCN1C(=O)CNC1CCC(ON=CCc2cccnc2)CC1. The van der Waals surface area contributed by atoms with Crippen molar-refractivity contribution in [3.8, 4) is 6.07 Å². The molecule has 0 bridgehead atoms. The van der Waals surface area contributed by atoms with Crippen LogP contribution in [0.3, 0.4) is 0 Å². The first-order chi connectivity index (χ1) is 13.3. The minimum absolute atomic E-state index is 0.0393. The standard InChI is InChI=1S/C20H27N5O2/c21-13-18-4-2-12-25(18)20(26)15-23-17-5-7-19(8-6-17)27-24-11-9-16-3-1-10-22-14-16/h1,3,10-11,14,17-19,23H,2,4-9,12,15H2/t17?,18-,19?/m0/s1. The Bertz CT molecular complexity index is 665. The third-order valence-corrected chi connectivity index (χ3v) is 5.27. The van der Waals surface area contributed by atoms with E-state index in [9.17, 15) is 4.79 Å². The number of hydrogen-bond acceptors (Lipinski definition) is 6. The molecule has 27 heavy (non-hydrogen) atoms. The highest BCUT2D eigenvalue weighted by Crippen LogP contribution is 2.22. The second kappa shape index (κ2) is 10.0. The van der Waals surface area contributed by atoms with Crippen LogP contribution in [-0.2, 0) is 16.1 Å². The van der Waals surface area contributed by atoms with Gasteiger partial charge in [0, 0.05) is 37.6 Å². The largest absolute Gasteiger partial charge is 0.393 e. The number of likely N-dealkylation sites (tertiary alicyclic amines) is 1. The first kappa shape index (κ1) is 19.3.